The maximum atomic E-state index is 13.8. The normalized spacial score (nSPS) is 10.7. The average Bonchev–Trinajstić information content (AvgIpc) is 3.02. The lowest BCUT2D eigenvalue weighted by molar-refractivity contribution is -0.636. The summed E-state index contributed by atoms with van der Waals surface area (Å²) < 4.78 is 18.8. The first kappa shape index (κ1) is 15.2. The molecule has 0 saturated carbocycles. The second-order valence-electron chi connectivity index (χ2n) is 4.74. The number of nitrogens with zero attached hydrogens (tertiary/aromatic N) is 3. The molecule has 0 spiro atoms. The van der Waals surface area contributed by atoms with Crippen LogP contribution < -0.4 is 4.73 Å². The third kappa shape index (κ3) is 2.45. The quantitative estimate of drug-likeness (QED) is 0.187. The maximum absolute atomic E-state index is 13.8. The van der Waals surface area contributed by atoms with E-state index in [2.05, 4.69) is 5.16 Å². The molecule has 0 radical (unpaired) electrons. The lowest BCUT2D eigenvalue weighted by Crippen LogP contribution is -2.30. The zero-order chi connectivity index (χ0) is 17.4. The molecule has 24 heavy (non-hydrogen) atoms. The van der Waals surface area contributed by atoms with Crippen LogP contribution in [0, 0.1) is 21.3 Å². The van der Waals surface area contributed by atoms with Crippen molar-refractivity contribution in [2.75, 3.05) is 0 Å². The molecule has 0 saturated heterocycles. The van der Waals surface area contributed by atoms with Crippen LogP contribution in [0.25, 0.3) is 22.6 Å². The molecule has 0 aliphatic heterocycles. The molecule has 0 fully saturated rings. The van der Waals surface area contributed by atoms with E-state index in [9.17, 15) is 29.9 Å². The van der Waals surface area contributed by atoms with Gasteiger partial charge in [0.15, 0.2) is 17.7 Å². The standard InChI is InChI=1S/C14H8FN3O6/c15-14-8(2-1-3-17(14)21)12-6-9(16-24-12)7-4-10(18(22)23)13(20)11(19)5-7/h1-6,19-20H. The fourth-order valence-electron chi connectivity index (χ4n) is 2.08. The highest BCUT2D eigenvalue weighted by Gasteiger charge is 2.22. The Morgan fingerprint density at radius 3 is 2.75 bits per heavy atom. The zero-order valence-electron chi connectivity index (χ0n) is 11.7. The van der Waals surface area contributed by atoms with Crippen LogP contribution in [-0.4, -0.2) is 20.3 Å². The van der Waals surface area contributed by atoms with Crippen LogP contribution in [0.2, 0.25) is 0 Å². The summed E-state index contributed by atoms with van der Waals surface area (Å²) >= 11 is 0. The number of nitro groups is 1. The first-order valence-corrected chi connectivity index (χ1v) is 6.44. The van der Waals surface area contributed by atoms with E-state index < -0.39 is 28.1 Å². The van der Waals surface area contributed by atoms with E-state index >= 15 is 0 Å². The molecule has 0 bridgehead atoms. The van der Waals surface area contributed by atoms with Crippen LogP contribution in [0.5, 0.6) is 11.5 Å². The summed E-state index contributed by atoms with van der Waals surface area (Å²) in [4.78, 5) is 9.99. The van der Waals surface area contributed by atoms with E-state index in [1.165, 1.54) is 18.2 Å². The van der Waals surface area contributed by atoms with E-state index in [1.54, 1.807) is 0 Å². The Labute approximate surface area is 132 Å². The van der Waals surface area contributed by atoms with Gasteiger partial charge < -0.3 is 19.9 Å². The molecule has 10 heteroatoms. The predicted molar refractivity (Wildman–Crippen MR) is 76.3 cm³/mol. The third-order valence-corrected chi connectivity index (χ3v) is 3.24. The minimum Gasteiger partial charge on any atom is -0.617 e. The molecule has 1 aromatic carbocycles. The second kappa shape index (κ2) is 5.50. The van der Waals surface area contributed by atoms with Crippen molar-refractivity contribution in [3.8, 4) is 34.1 Å². The third-order valence-electron chi connectivity index (χ3n) is 3.24. The Bertz CT molecular complexity index is 956. The first-order valence-electron chi connectivity index (χ1n) is 6.44. The fourth-order valence-corrected chi connectivity index (χ4v) is 2.08. The Kier molecular flexibility index (Phi) is 3.49. The van der Waals surface area contributed by atoms with Gasteiger partial charge in [0.25, 0.3) is 0 Å². The van der Waals surface area contributed by atoms with Crippen molar-refractivity contribution in [3.05, 3.63) is 57.8 Å². The summed E-state index contributed by atoms with van der Waals surface area (Å²) in [7, 11) is 0. The molecular formula is C14H8FN3O6. The van der Waals surface area contributed by atoms with Crippen molar-refractivity contribution in [1.29, 1.82) is 0 Å². The zero-order valence-corrected chi connectivity index (χ0v) is 11.7. The number of nitro benzene ring substituents is 1. The van der Waals surface area contributed by atoms with Gasteiger partial charge in [-0.15, -0.1) is 9.12 Å². The smallest absolute Gasteiger partial charge is 0.382 e. The molecule has 2 N–H and O–H groups in total. The number of aromatic nitrogens is 2. The highest BCUT2D eigenvalue weighted by atomic mass is 19.1. The molecule has 0 aliphatic rings. The summed E-state index contributed by atoms with van der Waals surface area (Å²) in [5.74, 6) is -2.77. The van der Waals surface area contributed by atoms with Crippen molar-refractivity contribution in [1.82, 2.24) is 5.16 Å². The topological polar surface area (TPSA) is 137 Å². The number of hydrogen-bond acceptors (Lipinski definition) is 7. The molecule has 3 rings (SSSR count). The van der Waals surface area contributed by atoms with E-state index in [0.29, 0.717) is 0 Å². The average molecular weight is 333 g/mol. The van der Waals surface area contributed by atoms with Gasteiger partial charge in [-0.25, -0.2) is 0 Å². The number of phenolic OH excluding ortho intramolecular Hbond substituents is 2. The van der Waals surface area contributed by atoms with E-state index in [0.717, 1.165) is 18.3 Å². The Hall–Kier alpha value is -3.69. The second-order valence-corrected chi connectivity index (χ2v) is 4.74. The van der Waals surface area contributed by atoms with Crippen LogP contribution in [0.1, 0.15) is 0 Å². The molecule has 0 aliphatic carbocycles. The van der Waals surface area contributed by atoms with Crippen LogP contribution in [0.3, 0.4) is 0 Å². The SMILES string of the molecule is O=[N+]([O-])c1cc(-c2cc(-c3ccc[n+]([O-])c3F)on2)cc(O)c1O. The highest BCUT2D eigenvalue weighted by molar-refractivity contribution is 5.72. The van der Waals surface area contributed by atoms with Crippen molar-refractivity contribution < 1.29 is 28.8 Å². The lowest BCUT2D eigenvalue weighted by Gasteiger charge is -2.01. The Morgan fingerprint density at radius 2 is 2.04 bits per heavy atom. The molecule has 122 valence electrons. The predicted octanol–water partition coefficient (Wildman–Crippen LogP) is 2.10. The number of pyridine rings is 1. The Balaban J connectivity index is 2.09. The van der Waals surface area contributed by atoms with Gasteiger partial charge in [-0.3, -0.25) is 10.1 Å². The summed E-state index contributed by atoms with van der Waals surface area (Å²) in [6, 6.07) is 5.87. The van der Waals surface area contributed by atoms with Gasteiger partial charge in [0.05, 0.1) is 4.92 Å². The monoisotopic (exact) mass is 333 g/mol. The number of halogens is 1. The van der Waals surface area contributed by atoms with E-state index in [4.69, 9.17) is 4.52 Å². The van der Waals surface area contributed by atoms with Gasteiger partial charge >= 0.3 is 11.6 Å². The van der Waals surface area contributed by atoms with Crippen molar-refractivity contribution in [2.24, 2.45) is 0 Å². The molecule has 2 heterocycles. The largest absolute Gasteiger partial charge is 0.617 e. The fraction of sp³-hybridized carbons (Fsp3) is 0. The number of rotatable bonds is 3. The van der Waals surface area contributed by atoms with Crippen molar-refractivity contribution in [2.45, 2.75) is 0 Å². The van der Waals surface area contributed by atoms with Crippen LogP contribution in [0.4, 0.5) is 10.1 Å². The van der Waals surface area contributed by atoms with Gasteiger partial charge in [0.2, 0.25) is 5.75 Å². The molecule has 9 nitrogen and oxygen atoms in total. The van der Waals surface area contributed by atoms with E-state index in [1.807, 2.05) is 0 Å². The number of phenols is 2. The molecule has 0 atom stereocenters. The number of hydrogen-bond donors (Lipinski definition) is 2. The molecule has 3 aromatic rings. The molecule has 0 amide bonds. The molecule has 0 unspecified atom stereocenters. The van der Waals surface area contributed by atoms with Crippen LogP contribution >= 0.6 is 0 Å². The summed E-state index contributed by atoms with van der Waals surface area (Å²) in [6.07, 6.45) is 0.970. The molecular weight excluding hydrogens is 325 g/mol. The van der Waals surface area contributed by atoms with Gasteiger partial charge in [-0.2, -0.15) is 0 Å². The van der Waals surface area contributed by atoms with Gasteiger partial charge in [0, 0.05) is 23.8 Å². The maximum Gasteiger partial charge on any atom is 0.382 e. The summed E-state index contributed by atoms with van der Waals surface area (Å²) in [6.45, 7) is 0. The van der Waals surface area contributed by atoms with E-state index in [-0.39, 0.29) is 27.3 Å². The summed E-state index contributed by atoms with van der Waals surface area (Å²) in [5.41, 5.74) is -0.760. The minimum atomic E-state index is -1.10. The minimum absolute atomic E-state index is 0.00868. The Morgan fingerprint density at radius 1 is 1.29 bits per heavy atom. The summed E-state index contributed by atoms with van der Waals surface area (Å²) in [5, 5.41) is 44.8. The van der Waals surface area contributed by atoms with Gasteiger partial charge in [-0.05, 0) is 12.1 Å². The highest BCUT2D eigenvalue weighted by Crippen LogP contribution is 2.39. The van der Waals surface area contributed by atoms with Crippen molar-refractivity contribution in [3.63, 3.8) is 0 Å². The van der Waals surface area contributed by atoms with Crippen LogP contribution in [-0.2, 0) is 0 Å². The lowest BCUT2D eigenvalue weighted by atomic mass is 10.1. The van der Waals surface area contributed by atoms with Crippen LogP contribution in [0.15, 0.2) is 41.1 Å². The van der Waals surface area contributed by atoms with Gasteiger partial charge in [-0.1, -0.05) is 5.16 Å². The number of aromatic hydroxyl groups is 2. The van der Waals surface area contributed by atoms with Gasteiger partial charge in [0.1, 0.15) is 11.3 Å². The first-order chi connectivity index (χ1) is 11.4. The number of benzene rings is 1. The van der Waals surface area contributed by atoms with Crippen molar-refractivity contribution >= 4 is 5.69 Å². The molecule has 2 aromatic heterocycles.